The van der Waals surface area contributed by atoms with Gasteiger partial charge in [0.2, 0.25) is 15.9 Å². The van der Waals surface area contributed by atoms with E-state index in [9.17, 15) is 26.4 Å². The molecular weight excluding hydrogens is 453 g/mol. The van der Waals surface area contributed by atoms with Crippen LogP contribution in [-0.4, -0.2) is 38.3 Å². The molecular formula is C24H31F3N2O3S. The van der Waals surface area contributed by atoms with Crippen LogP contribution in [0.5, 0.6) is 0 Å². The molecule has 1 N–H and O–H groups in total. The largest absolute Gasteiger partial charge is 0.417 e. The van der Waals surface area contributed by atoms with Crippen molar-refractivity contribution in [2.75, 3.05) is 19.6 Å². The number of piperidine rings is 1. The van der Waals surface area contributed by atoms with Crippen LogP contribution in [0.3, 0.4) is 0 Å². The molecule has 4 bridgehead atoms. The molecule has 1 heterocycles. The molecule has 2 atom stereocenters. The number of hydrogen-bond donors (Lipinski definition) is 1. The molecule has 182 valence electrons. The predicted octanol–water partition coefficient (Wildman–Crippen LogP) is 4.44. The van der Waals surface area contributed by atoms with Gasteiger partial charge in [0.25, 0.3) is 0 Å². The van der Waals surface area contributed by atoms with Crippen molar-refractivity contribution in [3.63, 3.8) is 0 Å². The number of hydrogen-bond acceptors (Lipinski definition) is 3. The Balaban J connectivity index is 1.20. The number of amides is 1. The fourth-order valence-electron chi connectivity index (χ4n) is 7.54. The molecule has 5 fully saturated rings. The van der Waals surface area contributed by atoms with Crippen LogP contribution < -0.4 is 5.32 Å². The number of nitrogens with one attached hydrogen (secondary N) is 1. The van der Waals surface area contributed by atoms with Crippen molar-refractivity contribution >= 4 is 15.9 Å². The topological polar surface area (TPSA) is 66.5 Å². The summed E-state index contributed by atoms with van der Waals surface area (Å²) in [5.41, 5.74) is -1.27. The van der Waals surface area contributed by atoms with Gasteiger partial charge in [-0.25, -0.2) is 8.42 Å². The van der Waals surface area contributed by atoms with Gasteiger partial charge >= 0.3 is 6.18 Å². The van der Waals surface area contributed by atoms with E-state index in [0.717, 1.165) is 42.1 Å². The normalized spacial score (nSPS) is 34.7. The molecule has 0 aromatic heterocycles. The van der Waals surface area contributed by atoms with E-state index < -0.39 is 26.7 Å². The van der Waals surface area contributed by atoms with E-state index >= 15 is 0 Å². The summed E-state index contributed by atoms with van der Waals surface area (Å²) in [6.07, 6.45) is 1.82. The average molecular weight is 485 g/mol. The zero-order valence-corrected chi connectivity index (χ0v) is 19.6. The molecule has 0 radical (unpaired) electrons. The predicted molar refractivity (Wildman–Crippen MR) is 117 cm³/mol. The SMILES string of the molecule is CC12CC3CC(C1)CC2(C(=O)NCC1CCN(S(=O)(=O)c2ccccc2C(F)(F)F)CC1)C3. The van der Waals surface area contributed by atoms with Gasteiger partial charge in [0.15, 0.2) is 0 Å². The van der Waals surface area contributed by atoms with E-state index in [0.29, 0.717) is 31.2 Å². The molecule has 0 spiro atoms. The summed E-state index contributed by atoms with van der Waals surface area (Å²) in [7, 11) is -4.24. The van der Waals surface area contributed by atoms with Crippen LogP contribution in [0.15, 0.2) is 29.2 Å². The van der Waals surface area contributed by atoms with Gasteiger partial charge in [-0.2, -0.15) is 17.5 Å². The van der Waals surface area contributed by atoms with E-state index in [-0.39, 0.29) is 35.7 Å². The molecule has 1 amide bonds. The molecule has 1 aromatic rings. The third-order valence-electron chi connectivity index (χ3n) is 8.94. The van der Waals surface area contributed by atoms with Crippen molar-refractivity contribution in [1.29, 1.82) is 0 Å². The average Bonchev–Trinajstić information content (AvgIpc) is 3.09. The van der Waals surface area contributed by atoms with E-state index in [4.69, 9.17) is 0 Å². The van der Waals surface area contributed by atoms with Crippen LogP contribution in [0.4, 0.5) is 13.2 Å². The maximum atomic E-state index is 13.3. The highest BCUT2D eigenvalue weighted by Gasteiger charge is 2.67. The molecule has 4 aliphatic carbocycles. The molecule has 33 heavy (non-hydrogen) atoms. The van der Waals surface area contributed by atoms with Gasteiger partial charge in [0, 0.05) is 19.6 Å². The highest BCUT2D eigenvalue weighted by atomic mass is 32.2. The number of nitrogens with zero attached hydrogens (tertiary/aromatic N) is 1. The number of sulfonamides is 1. The summed E-state index contributed by atoms with van der Waals surface area (Å²) in [6, 6.07) is 4.33. The van der Waals surface area contributed by atoms with Gasteiger partial charge in [0.05, 0.1) is 15.9 Å². The number of carbonyl (C=O) groups excluding carboxylic acids is 1. The van der Waals surface area contributed by atoms with Gasteiger partial charge in [-0.3, -0.25) is 4.79 Å². The molecule has 1 aliphatic heterocycles. The summed E-state index contributed by atoms with van der Waals surface area (Å²) < 4.78 is 67.1. The fraction of sp³-hybridized carbons (Fsp3) is 0.708. The van der Waals surface area contributed by atoms with Crippen molar-refractivity contribution in [3.8, 4) is 0 Å². The standard InChI is InChI=1S/C24H31F3N2O3S/c1-22-11-17-10-18(12-22)14-23(22,13-17)21(30)28-15-16-6-8-29(9-7-16)33(31,32)20-5-3-2-4-19(20)24(25,26)27/h2-5,16-18H,6-15H2,1H3,(H,28,30). The summed E-state index contributed by atoms with van der Waals surface area (Å²) in [5.74, 6) is 1.62. The summed E-state index contributed by atoms with van der Waals surface area (Å²) in [4.78, 5) is 12.6. The van der Waals surface area contributed by atoms with Gasteiger partial charge in [-0.1, -0.05) is 19.1 Å². The Hall–Kier alpha value is -1.61. The first-order valence-electron chi connectivity index (χ1n) is 11.9. The second-order valence-corrected chi connectivity index (χ2v) is 12.9. The van der Waals surface area contributed by atoms with E-state index in [2.05, 4.69) is 12.2 Å². The molecule has 2 unspecified atom stereocenters. The third kappa shape index (κ3) is 3.70. The molecule has 5 aliphatic rings. The lowest BCUT2D eigenvalue weighted by molar-refractivity contribution is -0.140. The highest BCUT2D eigenvalue weighted by molar-refractivity contribution is 7.89. The lowest BCUT2D eigenvalue weighted by Crippen LogP contribution is -2.48. The molecule has 4 saturated carbocycles. The molecule has 1 saturated heterocycles. The van der Waals surface area contributed by atoms with Gasteiger partial charge in [-0.15, -0.1) is 0 Å². The Labute approximate surface area is 193 Å². The van der Waals surface area contributed by atoms with Crippen molar-refractivity contribution in [1.82, 2.24) is 9.62 Å². The maximum absolute atomic E-state index is 13.3. The van der Waals surface area contributed by atoms with E-state index in [1.165, 1.54) is 18.6 Å². The molecule has 9 heteroatoms. The molecule has 1 aromatic carbocycles. The van der Waals surface area contributed by atoms with E-state index in [1.807, 2.05) is 0 Å². The first kappa shape index (κ1) is 23.1. The Bertz CT molecular complexity index is 1030. The minimum Gasteiger partial charge on any atom is -0.355 e. The monoisotopic (exact) mass is 484 g/mol. The first-order chi connectivity index (χ1) is 15.4. The van der Waals surface area contributed by atoms with Crippen molar-refractivity contribution < 1.29 is 26.4 Å². The van der Waals surface area contributed by atoms with Gasteiger partial charge in [-0.05, 0) is 80.2 Å². The maximum Gasteiger partial charge on any atom is 0.417 e. The summed E-state index contributed by atoms with van der Waals surface area (Å²) in [6.45, 7) is 3.08. The molecule has 6 rings (SSSR count). The Morgan fingerprint density at radius 1 is 1.09 bits per heavy atom. The lowest BCUT2D eigenvalue weighted by Gasteiger charge is -2.37. The van der Waals surface area contributed by atoms with Crippen molar-refractivity contribution in [2.45, 2.75) is 62.9 Å². The van der Waals surface area contributed by atoms with Crippen LogP contribution >= 0.6 is 0 Å². The minimum atomic E-state index is -4.73. The number of alkyl halides is 3. The van der Waals surface area contributed by atoms with Crippen LogP contribution in [0.1, 0.15) is 57.4 Å². The van der Waals surface area contributed by atoms with Gasteiger partial charge < -0.3 is 5.32 Å². The summed E-state index contributed by atoms with van der Waals surface area (Å²) in [5, 5.41) is 3.18. The van der Waals surface area contributed by atoms with Crippen LogP contribution in [0.25, 0.3) is 0 Å². The molecule has 5 nitrogen and oxygen atoms in total. The van der Waals surface area contributed by atoms with Crippen LogP contribution in [-0.2, 0) is 21.0 Å². The van der Waals surface area contributed by atoms with Crippen molar-refractivity contribution in [3.05, 3.63) is 29.8 Å². The van der Waals surface area contributed by atoms with Crippen LogP contribution in [0.2, 0.25) is 0 Å². The zero-order valence-electron chi connectivity index (χ0n) is 18.8. The Morgan fingerprint density at radius 3 is 2.30 bits per heavy atom. The first-order valence-corrected chi connectivity index (χ1v) is 13.3. The Kier molecular flexibility index (Phi) is 5.40. The van der Waals surface area contributed by atoms with Gasteiger partial charge in [0.1, 0.15) is 0 Å². The smallest absolute Gasteiger partial charge is 0.355 e. The quantitative estimate of drug-likeness (QED) is 0.672. The summed E-state index contributed by atoms with van der Waals surface area (Å²) >= 11 is 0. The number of benzene rings is 1. The number of rotatable bonds is 5. The number of halogens is 3. The highest BCUT2D eigenvalue weighted by Crippen LogP contribution is 2.72. The number of carbonyl (C=O) groups is 1. The fourth-order valence-corrected chi connectivity index (χ4v) is 9.23. The Morgan fingerprint density at radius 2 is 1.70 bits per heavy atom. The lowest BCUT2D eigenvalue weighted by atomic mass is 9.68. The zero-order chi connectivity index (χ0) is 23.6. The van der Waals surface area contributed by atoms with Crippen molar-refractivity contribution in [2.24, 2.45) is 28.6 Å². The van der Waals surface area contributed by atoms with E-state index in [1.54, 1.807) is 0 Å². The second kappa shape index (κ2) is 7.70. The minimum absolute atomic E-state index is 0.105. The van der Waals surface area contributed by atoms with Crippen LogP contribution in [0, 0.1) is 28.6 Å². The second-order valence-electron chi connectivity index (χ2n) is 11.0. The third-order valence-corrected chi connectivity index (χ3v) is 10.9.